The summed E-state index contributed by atoms with van der Waals surface area (Å²) in [6, 6.07) is 0. The van der Waals surface area contributed by atoms with Crippen LogP contribution >= 0.6 is 0 Å². The molecule has 2 rings (SSSR count). The first-order chi connectivity index (χ1) is 5.70. The zero-order valence-electron chi connectivity index (χ0n) is 6.53. The van der Waals surface area contributed by atoms with Gasteiger partial charge in [0.25, 0.3) is 5.56 Å². The van der Waals surface area contributed by atoms with Crippen LogP contribution in [0.25, 0.3) is 11.4 Å². The van der Waals surface area contributed by atoms with E-state index < -0.39 is 0 Å². The Labute approximate surface area is 68.2 Å². The van der Waals surface area contributed by atoms with Crippen LogP contribution < -0.4 is 11.4 Å². The predicted octanol–water partition coefficient (Wildman–Crippen LogP) is -0.302. The number of nitrogens with zero attached hydrogens (tertiary/aromatic N) is 2. The van der Waals surface area contributed by atoms with E-state index in [4.69, 9.17) is 5.84 Å². The molecule has 0 bridgehead atoms. The van der Waals surface area contributed by atoms with Gasteiger partial charge in [-0.1, -0.05) is 0 Å². The number of nitrogen functional groups attached to an aromatic ring is 1. The van der Waals surface area contributed by atoms with E-state index in [1.54, 1.807) is 12.4 Å². The van der Waals surface area contributed by atoms with Gasteiger partial charge in [-0.2, -0.15) is 0 Å². The Morgan fingerprint density at radius 2 is 2.42 bits per heavy atom. The fourth-order valence-electron chi connectivity index (χ4n) is 1.11. The summed E-state index contributed by atoms with van der Waals surface area (Å²) < 4.78 is 1.43. The molecule has 0 amide bonds. The van der Waals surface area contributed by atoms with Crippen LogP contribution in [-0.4, -0.2) is 14.6 Å². The van der Waals surface area contributed by atoms with Gasteiger partial charge in [-0.05, 0) is 6.92 Å². The summed E-state index contributed by atoms with van der Waals surface area (Å²) in [6.07, 6.45) is 3.12. The van der Waals surface area contributed by atoms with Crippen LogP contribution in [0.15, 0.2) is 17.2 Å². The largest absolute Gasteiger partial charge is 0.339 e. The van der Waals surface area contributed by atoms with Crippen molar-refractivity contribution in [1.29, 1.82) is 0 Å². The molecule has 0 radical (unpaired) electrons. The standard InChI is InChI=1S/C7H8N4O/c1-4-2-9-6-5(11(4)8)3-10-7(6)12/h2-3H,8H2,1H3,(H,10,12). The molecule has 2 aliphatic rings. The lowest BCUT2D eigenvalue weighted by molar-refractivity contribution is 0.913. The predicted molar refractivity (Wildman–Crippen MR) is 44.4 cm³/mol. The van der Waals surface area contributed by atoms with Crippen molar-refractivity contribution in [2.45, 2.75) is 6.92 Å². The van der Waals surface area contributed by atoms with Gasteiger partial charge in [-0.3, -0.25) is 9.47 Å². The van der Waals surface area contributed by atoms with Crippen LogP contribution in [0, 0.1) is 6.92 Å². The molecular formula is C7H8N4O. The molecule has 12 heavy (non-hydrogen) atoms. The van der Waals surface area contributed by atoms with Gasteiger partial charge >= 0.3 is 0 Å². The highest BCUT2D eigenvalue weighted by Gasteiger charge is 2.12. The number of aromatic amines is 1. The lowest BCUT2D eigenvalue weighted by atomic mass is 10.3. The summed E-state index contributed by atoms with van der Waals surface area (Å²) in [4.78, 5) is 17.5. The molecule has 62 valence electrons. The lowest BCUT2D eigenvalue weighted by Gasteiger charge is -2.07. The van der Waals surface area contributed by atoms with Gasteiger partial charge in [0, 0.05) is 12.4 Å². The molecule has 0 aromatic carbocycles. The summed E-state index contributed by atoms with van der Waals surface area (Å²) >= 11 is 0. The van der Waals surface area contributed by atoms with Gasteiger partial charge in [0.2, 0.25) is 0 Å². The van der Waals surface area contributed by atoms with Gasteiger partial charge < -0.3 is 10.8 Å². The average molecular weight is 164 g/mol. The highest BCUT2D eigenvalue weighted by atomic mass is 16.1. The Balaban J connectivity index is 2.90. The van der Waals surface area contributed by atoms with Crippen LogP contribution in [0.3, 0.4) is 0 Å². The number of fused-ring (bicyclic) bond motifs is 1. The van der Waals surface area contributed by atoms with E-state index in [2.05, 4.69) is 9.97 Å². The van der Waals surface area contributed by atoms with E-state index in [0.29, 0.717) is 11.4 Å². The van der Waals surface area contributed by atoms with Crippen molar-refractivity contribution < 1.29 is 0 Å². The SMILES string of the molecule is Cc1cnc2c(=O)[nH]cc-2n1N. The first kappa shape index (κ1) is 6.90. The maximum absolute atomic E-state index is 11.1. The Bertz CT molecular complexity index is 441. The van der Waals surface area contributed by atoms with Crippen LogP contribution in [0.4, 0.5) is 0 Å². The normalized spacial score (nSPS) is 10.8. The molecule has 0 aromatic heterocycles. The second-order valence-electron chi connectivity index (χ2n) is 2.62. The second-order valence-corrected chi connectivity index (χ2v) is 2.62. The number of nitrogens with one attached hydrogen (secondary N) is 1. The Morgan fingerprint density at radius 3 is 3.17 bits per heavy atom. The van der Waals surface area contributed by atoms with Crippen LogP contribution in [0.5, 0.6) is 0 Å². The maximum Gasteiger partial charge on any atom is 0.276 e. The number of hydrogen-bond donors (Lipinski definition) is 2. The number of rotatable bonds is 0. The summed E-state index contributed by atoms with van der Waals surface area (Å²) in [7, 11) is 0. The van der Waals surface area contributed by atoms with Gasteiger partial charge in [-0.25, -0.2) is 4.98 Å². The molecule has 0 saturated heterocycles. The zero-order chi connectivity index (χ0) is 8.72. The molecule has 0 spiro atoms. The minimum Gasteiger partial charge on any atom is -0.339 e. The quantitative estimate of drug-likeness (QED) is 0.525. The molecular weight excluding hydrogens is 156 g/mol. The van der Waals surface area contributed by atoms with E-state index in [0.717, 1.165) is 5.69 Å². The molecule has 5 nitrogen and oxygen atoms in total. The Hall–Kier alpha value is -1.78. The molecule has 0 aliphatic carbocycles. The maximum atomic E-state index is 11.1. The molecule has 5 heteroatoms. The fourth-order valence-corrected chi connectivity index (χ4v) is 1.11. The summed E-state index contributed by atoms with van der Waals surface area (Å²) in [5.41, 5.74) is 1.61. The van der Waals surface area contributed by atoms with E-state index in [1.165, 1.54) is 4.68 Å². The van der Waals surface area contributed by atoms with Gasteiger partial charge in [0.05, 0.1) is 5.69 Å². The molecule has 0 unspecified atom stereocenters. The van der Waals surface area contributed by atoms with Crippen LogP contribution in [0.2, 0.25) is 0 Å². The van der Waals surface area contributed by atoms with E-state index >= 15 is 0 Å². The number of hydrogen-bond acceptors (Lipinski definition) is 3. The molecule has 2 heterocycles. The molecule has 0 saturated carbocycles. The molecule has 3 N–H and O–H groups in total. The minimum atomic E-state index is -0.204. The molecule has 0 atom stereocenters. The minimum absolute atomic E-state index is 0.204. The van der Waals surface area contributed by atoms with E-state index in [-0.39, 0.29) is 5.56 Å². The Morgan fingerprint density at radius 1 is 1.67 bits per heavy atom. The third-order valence-electron chi connectivity index (χ3n) is 1.82. The topological polar surface area (TPSA) is 76.7 Å². The van der Waals surface area contributed by atoms with E-state index in [9.17, 15) is 4.79 Å². The average Bonchev–Trinajstić information content (AvgIpc) is 2.41. The second kappa shape index (κ2) is 2.10. The van der Waals surface area contributed by atoms with Crippen molar-refractivity contribution in [2.24, 2.45) is 0 Å². The highest BCUT2D eigenvalue weighted by Crippen LogP contribution is 2.12. The number of aromatic nitrogens is 3. The number of aryl methyl sites for hydroxylation is 1. The lowest BCUT2D eigenvalue weighted by Crippen LogP contribution is -2.17. The monoisotopic (exact) mass is 164 g/mol. The summed E-state index contributed by atoms with van der Waals surface area (Å²) in [5.74, 6) is 5.65. The fraction of sp³-hybridized carbons (Fsp3) is 0.143. The van der Waals surface area contributed by atoms with Crippen LogP contribution in [-0.2, 0) is 0 Å². The summed E-state index contributed by atoms with van der Waals surface area (Å²) in [6.45, 7) is 1.82. The zero-order valence-corrected chi connectivity index (χ0v) is 6.53. The van der Waals surface area contributed by atoms with Crippen molar-refractivity contribution >= 4 is 0 Å². The number of H-pyrrole nitrogens is 1. The van der Waals surface area contributed by atoms with Gasteiger partial charge in [0.1, 0.15) is 5.69 Å². The third-order valence-corrected chi connectivity index (χ3v) is 1.82. The van der Waals surface area contributed by atoms with Crippen molar-refractivity contribution in [1.82, 2.24) is 14.6 Å². The molecule has 0 aromatic rings. The van der Waals surface area contributed by atoms with Crippen molar-refractivity contribution in [3.63, 3.8) is 0 Å². The Kier molecular flexibility index (Phi) is 1.21. The van der Waals surface area contributed by atoms with Crippen LogP contribution in [0.1, 0.15) is 5.69 Å². The third kappa shape index (κ3) is 0.730. The van der Waals surface area contributed by atoms with Gasteiger partial charge in [0.15, 0.2) is 5.69 Å². The molecule has 2 aliphatic heterocycles. The van der Waals surface area contributed by atoms with Gasteiger partial charge in [-0.15, -0.1) is 0 Å². The highest BCUT2D eigenvalue weighted by molar-refractivity contribution is 5.54. The van der Waals surface area contributed by atoms with Crippen molar-refractivity contribution in [3.8, 4) is 11.4 Å². The summed E-state index contributed by atoms with van der Waals surface area (Å²) in [5, 5.41) is 0. The van der Waals surface area contributed by atoms with Crippen molar-refractivity contribution in [3.05, 3.63) is 28.4 Å². The first-order valence-corrected chi connectivity index (χ1v) is 3.51. The van der Waals surface area contributed by atoms with E-state index in [1.807, 2.05) is 6.92 Å². The first-order valence-electron chi connectivity index (χ1n) is 3.51. The smallest absolute Gasteiger partial charge is 0.276 e. The number of nitrogens with two attached hydrogens (primary N) is 1. The molecule has 0 fully saturated rings. The van der Waals surface area contributed by atoms with Crippen molar-refractivity contribution in [2.75, 3.05) is 5.84 Å².